The molecule has 0 aliphatic rings. The normalized spacial score (nSPS) is 11.6. The van der Waals surface area contributed by atoms with E-state index in [0.29, 0.717) is 16.5 Å². The van der Waals surface area contributed by atoms with Gasteiger partial charge in [-0.3, -0.25) is 9.32 Å². The fraction of sp³-hybridized carbons (Fsp3) is 0.148. The van der Waals surface area contributed by atoms with Gasteiger partial charge in [-0.25, -0.2) is 9.78 Å². The summed E-state index contributed by atoms with van der Waals surface area (Å²) in [4.78, 5) is 30.8. The van der Waals surface area contributed by atoms with Gasteiger partial charge in [0, 0.05) is 23.1 Å². The summed E-state index contributed by atoms with van der Waals surface area (Å²) in [5.74, 6) is -1.12. The predicted octanol–water partition coefficient (Wildman–Crippen LogP) is 4.81. The van der Waals surface area contributed by atoms with Crippen molar-refractivity contribution in [3.05, 3.63) is 80.6 Å². The second-order valence-corrected chi connectivity index (χ2v) is 10.2. The molecule has 0 bridgehead atoms. The van der Waals surface area contributed by atoms with Crippen molar-refractivity contribution in [1.82, 2.24) is 10.3 Å². The fourth-order valence-electron chi connectivity index (χ4n) is 4.33. The first-order chi connectivity index (χ1) is 19.4. The second-order valence-electron chi connectivity index (χ2n) is 9.20. The third-order valence-corrected chi connectivity index (χ3v) is 7.38. The Hall–Kier alpha value is -5.16. The van der Waals surface area contributed by atoms with Gasteiger partial charge in [0.25, 0.3) is 5.78 Å². The first-order valence-corrected chi connectivity index (χ1v) is 12.8. The number of nitrogens with one attached hydrogen (secondary N) is 1. The number of alkyl halides is 3. The van der Waals surface area contributed by atoms with Gasteiger partial charge in [-0.2, -0.15) is 5.26 Å². The van der Waals surface area contributed by atoms with Crippen LogP contribution in [0.15, 0.2) is 57.8 Å². The van der Waals surface area contributed by atoms with Gasteiger partial charge in [-0.15, -0.1) is 24.5 Å². The Morgan fingerprint density at radius 1 is 1.15 bits per heavy atom. The summed E-state index contributed by atoms with van der Waals surface area (Å²) >= 11 is 0.874. The molecule has 5 N–H and O–H groups in total. The first-order valence-electron chi connectivity index (χ1n) is 12.0. The number of rotatable bonds is 6. The Balaban J connectivity index is 1.64. The molecule has 0 unspecified atom stereocenters. The van der Waals surface area contributed by atoms with E-state index >= 15 is 0 Å². The molecule has 0 aliphatic heterocycles. The largest absolute Gasteiger partial charge is 0.573 e. The summed E-state index contributed by atoms with van der Waals surface area (Å²) in [6, 6.07) is 13.9. The molecule has 0 fully saturated rings. The minimum absolute atomic E-state index is 0.0250. The Morgan fingerprint density at radius 3 is 2.39 bits per heavy atom. The van der Waals surface area contributed by atoms with Crippen molar-refractivity contribution in [1.29, 1.82) is 5.26 Å². The maximum atomic E-state index is 13.7. The van der Waals surface area contributed by atoms with Crippen LogP contribution in [0.25, 0.3) is 27.0 Å². The minimum Gasteiger partial charge on any atom is -0.406 e. The van der Waals surface area contributed by atoms with Crippen LogP contribution in [0.2, 0.25) is 0 Å². The van der Waals surface area contributed by atoms with Gasteiger partial charge in [-0.1, -0.05) is 38.1 Å². The number of hydrogen-bond donors (Lipinski definition) is 3. The van der Waals surface area contributed by atoms with Gasteiger partial charge in [0.05, 0.1) is 5.69 Å². The number of carbonyl (C=O) groups is 1. The number of H-pyrrole nitrogens is 1. The van der Waals surface area contributed by atoms with Crippen LogP contribution in [-0.4, -0.2) is 22.4 Å². The third kappa shape index (κ3) is 4.98. The quantitative estimate of drug-likeness (QED) is 0.190. The zero-order valence-corrected chi connectivity index (χ0v) is 22.2. The smallest absolute Gasteiger partial charge is 0.406 e. The molecule has 0 saturated carbocycles. The average Bonchev–Trinajstić information content (AvgIpc) is 3.46. The molecule has 14 heteroatoms. The van der Waals surface area contributed by atoms with Gasteiger partial charge >= 0.3 is 17.7 Å². The van der Waals surface area contributed by atoms with Crippen LogP contribution in [0.3, 0.4) is 0 Å². The van der Waals surface area contributed by atoms with Gasteiger partial charge in [-0.05, 0) is 39.1 Å². The SMILES string of the molecule is CC(C)c1ccc(-c2c(C#N)c(N)nc3sc(C(=O)c4c(=O)o[nH][n+]4-c4ccc(OC(F)(F)F)cc4)c(N)c23)cc1. The van der Waals surface area contributed by atoms with Crippen molar-refractivity contribution in [2.45, 2.75) is 26.1 Å². The fourth-order valence-corrected chi connectivity index (χ4v) is 5.38. The van der Waals surface area contributed by atoms with E-state index < -0.39 is 29.2 Å². The van der Waals surface area contributed by atoms with E-state index in [1.54, 1.807) is 0 Å². The summed E-state index contributed by atoms with van der Waals surface area (Å²) in [7, 11) is 0. The maximum absolute atomic E-state index is 13.7. The molecule has 0 atom stereocenters. The Bertz CT molecular complexity index is 1900. The summed E-state index contributed by atoms with van der Waals surface area (Å²) in [5, 5.41) is 12.5. The molecule has 208 valence electrons. The Labute approximate surface area is 233 Å². The number of ketones is 1. The molecular weight excluding hydrogens is 561 g/mol. The molecule has 2 aromatic carbocycles. The maximum Gasteiger partial charge on any atom is 0.573 e. The van der Waals surface area contributed by atoms with Gasteiger partial charge in [0.1, 0.15) is 32.9 Å². The molecule has 3 aromatic heterocycles. The third-order valence-electron chi connectivity index (χ3n) is 6.28. The van der Waals surface area contributed by atoms with Crippen molar-refractivity contribution in [2.75, 3.05) is 11.5 Å². The number of benzene rings is 2. The lowest BCUT2D eigenvalue weighted by Crippen LogP contribution is -2.41. The van der Waals surface area contributed by atoms with Crippen LogP contribution in [0.5, 0.6) is 5.75 Å². The molecule has 0 radical (unpaired) electrons. The van der Waals surface area contributed by atoms with Gasteiger partial charge in [0.15, 0.2) is 0 Å². The Kier molecular flexibility index (Phi) is 6.75. The van der Waals surface area contributed by atoms with Gasteiger partial charge in [0.2, 0.25) is 5.69 Å². The number of ether oxygens (including phenoxy) is 1. The van der Waals surface area contributed by atoms with E-state index in [1.807, 2.05) is 38.1 Å². The number of pyridine rings is 1. The molecule has 0 saturated heterocycles. The van der Waals surface area contributed by atoms with E-state index in [0.717, 1.165) is 33.7 Å². The van der Waals surface area contributed by atoms with Crippen LogP contribution in [0, 0.1) is 11.3 Å². The number of anilines is 2. The van der Waals surface area contributed by atoms with E-state index in [2.05, 4.69) is 21.1 Å². The highest BCUT2D eigenvalue weighted by atomic mass is 32.1. The number of aromatic amines is 1. The lowest BCUT2D eigenvalue weighted by molar-refractivity contribution is -0.672. The van der Waals surface area contributed by atoms with Crippen molar-refractivity contribution >= 4 is 38.8 Å². The number of nitrogen functional groups attached to an aromatic ring is 2. The summed E-state index contributed by atoms with van der Waals surface area (Å²) < 4.78 is 47.3. The number of nitrogens with zero attached hydrogens (tertiary/aromatic N) is 3. The van der Waals surface area contributed by atoms with E-state index in [4.69, 9.17) is 16.0 Å². The van der Waals surface area contributed by atoms with Gasteiger partial charge < -0.3 is 16.2 Å². The lowest BCUT2D eigenvalue weighted by atomic mass is 9.94. The molecule has 5 rings (SSSR count). The van der Waals surface area contributed by atoms with Crippen LogP contribution in [-0.2, 0) is 0 Å². The standard InChI is InChI=1S/C27H19F3N6O4S/c1-12(2)13-3-5-14(6-4-13)18-17(11-31)24(33)34-25-19(18)20(32)23(41-25)22(37)21-26(38)40-35-36(21)15-7-9-16(10-8-15)39-27(28,29)30/h3-10,12H,1-2H3,(H4-,32,33,34,35,37,38)/p+1. The van der Waals surface area contributed by atoms with Crippen LogP contribution in [0.1, 0.15) is 46.3 Å². The topological polar surface area (TPSA) is 165 Å². The number of halogens is 3. The molecule has 3 heterocycles. The average molecular weight is 582 g/mol. The number of aromatic nitrogens is 3. The lowest BCUT2D eigenvalue weighted by Gasteiger charge is -2.11. The summed E-state index contributed by atoms with van der Waals surface area (Å²) in [5.41, 5.74) is 13.3. The van der Waals surface area contributed by atoms with Crippen molar-refractivity contribution in [2.24, 2.45) is 0 Å². The number of fused-ring (bicyclic) bond motifs is 1. The number of carbonyl (C=O) groups excluding carboxylic acids is 1. The second kappa shape index (κ2) is 10.1. The summed E-state index contributed by atoms with van der Waals surface area (Å²) in [6.45, 7) is 4.09. The predicted molar refractivity (Wildman–Crippen MR) is 144 cm³/mol. The summed E-state index contributed by atoms with van der Waals surface area (Å²) in [6.07, 6.45) is -4.89. The molecule has 0 spiro atoms. The molecule has 41 heavy (non-hydrogen) atoms. The first kappa shape index (κ1) is 27.4. The van der Waals surface area contributed by atoms with Crippen molar-refractivity contribution in [3.63, 3.8) is 0 Å². The van der Waals surface area contributed by atoms with Crippen LogP contribution < -0.4 is 26.5 Å². The number of hydrogen-bond acceptors (Lipinski definition) is 9. The van der Waals surface area contributed by atoms with E-state index in [9.17, 15) is 28.0 Å². The number of nitriles is 1. The van der Waals surface area contributed by atoms with Crippen LogP contribution in [0.4, 0.5) is 24.7 Å². The highest BCUT2D eigenvalue weighted by molar-refractivity contribution is 7.21. The monoisotopic (exact) mass is 581 g/mol. The molecule has 10 nitrogen and oxygen atoms in total. The molecular formula is C27H20F3N6O4S+. The highest BCUT2D eigenvalue weighted by Crippen LogP contribution is 2.43. The highest BCUT2D eigenvalue weighted by Gasteiger charge is 2.36. The van der Waals surface area contributed by atoms with E-state index in [1.165, 1.54) is 12.1 Å². The molecule has 5 aromatic rings. The zero-order valence-electron chi connectivity index (χ0n) is 21.4. The van der Waals surface area contributed by atoms with E-state index in [-0.39, 0.29) is 38.4 Å². The van der Waals surface area contributed by atoms with Crippen molar-refractivity contribution in [3.8, 4) is 28.6 Å². The van der Waals surface area contributed by atoms with Crippen molar-refractivity contribution < 1.29 is 31.9 Å². The van der Waals surface area contributed by atoms with Crippen LogP contribution >= 0.6 is 11.3 Å². The number of thiophene rings is 1. The Morgan fingerprint density at radius 2 is 1.80 bits per heavy atom. The number of nitrogens with two attached hydrogens (primary N) is 2. The zero-order chi connectivity index (χ0) is 29.6. The minimum atomic E-state index is -4.89. The molecule has 0 amide bonds. The molecule has 0 aliphatic carbocycles.